The molecule has 0 atom stereocenters. The van der Waals surface area contributed by atoms with Gasteiger partial charge in [-0.1, -0.05) is 23.2 Å². The predicted molar refractivity (Wildman–Crippen MR) is 87.0 cm³/mol. The first-order valence-corrected chi connectivity index (χ1v) is 7.85. The Kier molecular flexibility index (Phi) is 5.39. The van der Waals surface area contributed by atoms with Crippen molar-refractivity contribution in [2.24, 2.45) is 0 Å². The van der Waals surface area contributed by atoms with Crippen LogP contribution in [0.2, 0.25) is 10.0 Å². The van der Waals surface area contributed by atoms with E-state index in [9.17, 15) is 9.59 Å². The number of hydrogen-bond acceptors (Lipinski definition) is 5. The molecule has 2 aromatic heterocycles. The molecule has 0 unspecified atom stereocenters. The molecule has 0 aliphatic carbocycles. The largest absolute Gasteiger partial charge is 0.451 e. The predicted octanol–water partition coefficient (Wildman–Crippen LogP) is 3.86. The van der Waals surface area contributed by atoms with E-state index in [0.717, 1.165) is 5.56 Å². The van der Waals surface area contributed by atoms with Crippen LogP contribution in [0.3, 0.4) is 0 Å². The van der Waals surface area contributed by atoms with E-state index in [4.69, 9.17) is 27.9 Å². The summed E-state index contributed by atoms with van der Waals surface area (Å²) in [4.78, 5) is 28.1. The van der Waals surface area contributed by atoms with Crippen LogP contribution in [0.4, 0.5) is 5.82 Å². The monoisotopic (exact) mass is 358 g/mol. The normalized spacial score (nSPS) is 10.4. The topological polar surface area (TPSA) is 68.3 Å². The van der Waals surface area contributed by atoms with Crippen LogP contribution in [-0.4, -0.2) is 23.5 Å². The highest BCUT2D eigenvalue weighted by atomic mass is 35.5. The van der Waals surface area contributed by atoms with Gasteiger partial charge in [-0.3, -0.25) is 4.79 Å². The van der Waals surface area contributed by atoms with Gasteiger partial charge in [0.1, 0.15) is 4.88 Å². The van der Waals surface area contributed by atoms with Gasteiger partial charge in [-0.2, -0.15) is 0 Å². The lowest BCUT2D eigenvalue weighted by molar-refractivity contribution is -0.119. The third-order valence-electron chi connectivity index (χ3n) is 2.74. The molecule has 5 nitrogen and oxygen atoms in total. The van der Waals surface area contributed by atoms with Crippen LogP contribution < -0.4 is 5.32 Å². The molecule has 1 amide bonds. The zero-order chi connectivity index (χ0) is 16.3. The molecule has 0 spiro atoms. The van der Waals surface area contributed by atoms with Crippen LogP contribution in [0.25, 0.3) is 0 Å². The fourth-order valence-electron chi connectivity index (χ4n) is 1.59. The molecule has 0 aliphatic rings. The summed E-state index contributed by atoms with van der Waals surface area (Å²) >= 11 is 13.1. The number of rotatable bonds is 4. The molecule has 0 bridgehead atoms. The molecule has 0 aliphatic heterocycles. The van der Waals surface area contributed by atoms with Crippen molar-refractivity contribution in [2.45, 2.75) is 13.8 Å². The van der Waals surface area contributed by atoms with Crippen molar-refractivity contribution in [2.75, 3.05) is 11.9 Å². The third-order valence-corrected chi connectivity index (χ3v) is 4.41. The molecule has 116 valence electrons. The van der Waals surface area contributed by atoms with Gasteiger partial charge in [0.05, 0.1) is 15.7 Å². The second-order valence-corrected chi connectivity index (χ2v) is 6.17. The van der Waals surface area contributed by atoms with Gasteiger partial charge in [0.2, 0.25) is 0 Å². The Morgan fingerprint density at radius 2 is 2.05 bits per heavy atom. The summed E-state index contributed by atoms with van der Waals surface area (Å²) in [7, 11) is 0. The van der Waals surface area contributed by atoms with E-state index in [1.54, 1.807) is 19.2 Å². The SMILES string of the molecule is Cc1ccsc1C(=O)OCC(=O)Nc1nc(C)c(Cl)cc1Cl. The van der Waals surface area contributed by atoms with Gasteiger partial charge in [0.25, 0.3) is 5.91 Å². The Morgan fingerprint density at radius 1 is 1.32 bits per heavy atom. The molecule has 0 aromatic carbocycles. The number of ether oxygens (including phenoxy) is 1. The maximum absolute atomic E-state index is 11.8. The summed E-state index contributed by atoms with van der Waals surface area (Å²) in [5.41, 5.74) is 1.35. The lowest BCUT2D eigenvalue weighted by Gasteiger charge is -2.08. The summed E-state index contributed by atoms with van der Waals surface area (Å²) in [6, 6.07) is 3.30. The number of carbonyl (C=O) groups is 2. The minimum Gasteiger partial charge on any atom is -0.451 e. The molecule has 0 saturated carbocycles. The van der Waals surface area contributed by atoms with Crippen molar-refractivity contribution in [3.8, 4) is 0 Å². The highest BCUT2D eigenvalue weighted by Gasteiger charge is 2.15. The highest BCUT2D eigenvalue weighted by molar-refractivity contribution is 7.12. The van der Waals surface area contributed by atoms with Crippen LogP contribution in [0.15, 0.2) is 17.5 Å². The van der Waals surface area contributed by atoms with Crippen LogP contribution >= 0.6 is 34.5 Å². The van der Waals surface area contributed by atoms with Gasteiger partial charge in [-0.05, 0) is 36.9 Å². The Labute approximate surface area is 141 Å². The molecule has 1 N–H and O–H groups in total. The molecular weight excluding hydrogens is 347 g/mol. The van der Waals surface area contributed by atoms with Crippen molar-refractivity contribution >= 4 is 52.2 Å². The second kappa shape index (κ2) is 7.09. The number of pyridine rings is 1. The van der Waals surface area contributed by atoms with Crippen molar-refractivity contribution in [1.82, 2.24) is 4.98 Å². The van der Waals surface area contributed by atoms with Crippen LogP contribution in [0.1, 0.15) is 20.9 Å². The zero-order valence-electron chi connectivity index (χ0n) is 11.8. The standard InChI is InChI=1S/C14H12Cl2N2O3S/c1-7-3-4-22-12(7)14(20)21-6-11(19)18-13-10(16)5-9(15)8(2)17-13/h3-5H,6H2,1-2H3,(H,17,18,19). The maximum atomic E-state index is 11.8. The van der Waals surface area contributed by atoms with Crippen LogP contribution in [-0.2, 0) is 9.53 Å². The van der Waals surface area contributed by atoms with Gasteiger partial charge < -0.3 is 10.1 Å². The number of aromatic nitrogens is 1. The molecule has 2 aromatic rings. The lowest BCUT2D eigenvalue weighted by atomic mass is 10.3. The minimum absolute atomic E-state index is 0.178. The first-order valence-electron chi connectivity index (χ1n) is 6.22. The smallest absolute Gasteiger partial charge is 0.349 e. The van der Waals surface area contributed by atoms with E-state index in [1.807, 2.05) is 6.07 Å². The zero-order valence-corrected chi connectivity index (χ0v) is 14.1. The van der Waals surface area contributed by atoms with E-state index in [1.165, 1.54) is 17.4 Å². The summed E-state index contributed by atoms with van der Waals surface area (Å²) in [5, 5.41) is 4.88. The summed E-state index contributed by atoms with van der Waals surface area (Å²) in [6.07, 6.45) is 0. The second-order valence-electron chi connectivity index (χ2n) is 4.44. The highest BCUT2D eigenvalue weighted by Crippen LogP contribution is 2.25. The third kappa shape index (κ3) is 3.97. The van der Waals surface area contributed by atoms with E-state index in [2.05, 4.69) is 10.3 Å². The van der Waals surface area contributed by atoms with Crippen molar-refractivity contribution in [1.29, 1.82) is 0 Å². The van der Waals surface area contributed by atoms with Crippen LogP contribution in [0.5, 0.6) is 0 Å². The number of carbonyl (C=O) groups excluding carboxylic acids is 2. The quantitative estimate of drug-likeness (QED) is 0.842. The average Bonchev–Trinajstić information content (AvgIpc) is 2.88. The first-order chi connectivity index (χ1) is 10.4. The van der Waals surface area contributed by atoms with Crippen molar-refractivity contribution in [3.05, 3.63) is 43.7 Å². The number of esters is 1. The molecule has 2 rings (SSSR count). The number of thiophene rings is 1. The van der Waals surface area contributed by atoms with Gasteiger partial charge in [0, 0.05) is 0 Å². The van der Waals surface area contributed by atoms with Crippen molar-refractivity contribution < 1.29 is 14.3 Å². The summed E-state index contributed by atoms with van der Waals surface area (Å²) in [5.74, 6) is -0.885. The summed E-state index contributed by atoms with van der Waals surface area (Å²) in [6.45, 7) is 3.07. The van der Waals surface area contributed by atoms with E-state index >= 15 is 0 Å². The molecule has 0 saturated heterocycles. The van der Waals surface area contributed by atoms with E-state index < -0.39 is 18.5 Å². The van der Waals surface area contributed by atoms with Crippen molar-refractivity contribution in [3.63, 3.8) is 0 Å². The lowest BCUT2D eigenvalue weighted by Crippen LogP contribution is -2.21. The molecule has 0 fully saturated rings. The Morgan fingerprint density at radius 3 is 2.68 bits per heavy atom. The van der Waals surface area contributed by atoms with Gasteiger partial charge in [-0.15, -0.1) is 11.3 Å². The number of nitrogens with one attached hydrogen (secondary N) is 1. The number of nitrogens with zero attached hydrogens (tertiary/aromatic N) is 1. The van der Waals surface area contributed by atoms with Gasteiger partial charge in [-0.25, -0.2) is 9.78 Å². The van der Waals surface area contributed by atoms with E-state index in [-0.39, 0.29) is 10.8 Å². The van der Waals surface area contributed by atoms with Crippen LogP contribution in [0, 0.1) is 13.8 Å². The fraction of sp³-hybridized carbons (Fsp3) is 0.214. The molecule has 8 heteroatoms. The van der Waals surface area contributed by atoms with Gasteiger partial charge in [0.15, 0.2) is 12.4 Å². The fourth-order valence-corrected chi connectivity index (χ4v) is 2.82. The van der Waals surface area contributed by atoms with Gasteiger partial charge >= 0.3 is 5.97 Å². The molecular formula is C14H12Cl2N2O3S. The Balaban J connectivity index is 1.95. The number of amides is 1. The first kappa shape index (κ1) is 16.7. The summed E-state index contributed by atoms with van der Waals surface area (Å²) < 4.78 is 4.96. The Bertz CT molecular complexity index is 731. The van der Waals surface area contributed by atoms with E-state index in [0.29, 0.717) is 15.6 Å². The molecule has 2 heterocycles. The maximum Gasteiger partial charge on any atom is 0.349 e. The Hall–Kier alpha value is -1.63. The minimum atomic E-state index is -0.533. The average molecular weight is 359 g/mol. The number of aryl methyl sites for hydroxylation is 2. The number of anilines is 1. The molecule has 22 heavy (non-hydrogen) atoms. The number of halogens is 2. The molecule has 0 radical (unpaired) electrons. The number of hydrogen-bond donors (Lipinski definition) is 1.